The van der Waals surface area contributed by atoms with Crippen molar-refractivity contribution >= 4 is 5.91 Å². The summed E-state index contributed by atoms with van der Waals surface area (Å²) in [6, 6.07) is 9.15. The van der Waals surface area contributed by atoms with E-state index in [1.54, 1.807) is 7.11 Å². The molecule has 0 aliphatic heterocycles. The average Bonchev–Trinajstić information content (AvgIpc) is 2.48. The van der Waals surface area contributed by atoms with Crippen LogP contribution in [0.15, 0.2) is 42.7 Å². The lowest BCUT2D eigenvalue weighted by atomic mass is 10.1. The average molecular weight is 272 g/mol. The number of nitrogens with zero attached hydrogens (tertiary/aromatic N) is 1. The Hall–Kier alpha value is -2.56. The Morgan fingerprint density at radius 1 is 1.30 bits per heavy atom. The monoisotopic (exact) mass is 272 g/mol. The van der Waals surface area contributed by atoms with Gasteiger partial charge in [0.15, 0.2) is 0 Å². The zero-order chi connectivity index (χ0) is 14.4. The molecule has 0 bridgehead atoms. The number of rotatable bonds is 5. The van der Waals surface area contributed by atoms with Crippen LogP contribution in [0.1, 0.15) is 15.9 Å². The Labute approximate surface area is 117 Å². The smallest absolute Gasteiger partial charge is 0.255 e. The van der Waals surface area contributed by atoms with Crippen molar-refractivity contribution in [3.63, 3.8) is 0 Å². The molecule has 0 radical (unpaired) electrons. The molecule has 1 aromatic heterocycles. The van der Waals surface area contributed by atoms with Crippen molar-refractivity contribution in [1.29, 1.82) is 0 Å². The van der Waals surface area contributed by atoms with Crippen LogP contribution in [-0.2, 0) is 6.42 Å². The lowest BCUT2D eigenvalue weighted by molar-refractivity contribution is 0.0951. The number of hydrogen-bond donors (Lipinski definition) is 2. The molecular formula is C15H16N2O3. The molecule has 2 aromatic rings. The van der Waals surface area contributed by atoms with Crippen LogP contribution in [0.2, 0.25) is 0 Å². The van der Waals surface area contributed by atoms with Gasteiger partial charge in [-0.3, -0.25) is 9.78 Å². The number of aromatic hydroxyl groups is 1. The summed E-state index contributed by atoms with van der Waals surface area (Å²) in [4.78, 5) is 15.6. The van der Waals surface area contributed by atoms with Crippen molar-refractivity contribution in [2.75, 3.05) is 13.7 Å². The minimum atomic E-state index is -0.307. The number of carbonyl (C=O) groups is 1. The molecule has 5 nitrogen and oxygen atoms in total. The Bertz CT molecular complexity index is 582. The van der Waals surface area contributed by atoms with Crippen LogP contribution in [0.25, 0.3) is 0 Å². The molecule has 1 heterocycles. The maximum atomic E-state index is 11.8. The van der Waals surface area contributed by atoms with Gasteiger partial charge in [0.2, 0.25) is 0 Å². The quantitative estimate of drug-likeness (QED) is 0.870. The largest absolute Gasteiger partial charge is 0.505 e. The van der Waals surface area contributed by atoms with Gasteiger partial charge in [0.25, 0.3) is 5.91 Å². The number of pyridine rings is 1. The van der Waals surface area contributed by atoms with E-state index in [1.165, 1.54) is 18.5 Å². The van der Waals surface area contributed by atoms with Gasteiger partial charge in [0, 0.05) is 12.7 Å². The predicted octanol–water partition coefficient (Wildman–Crippen LogP) is 1.77. The van der Waals surface area contributed by atoms with Crippen LogP contribution >= 0.6 is 0 Å². The summed E-state index contributed by atoms with van der Waals surface area (Å²) in [6.07, 6.45) is 3.43. The first-order chi connectivity index (χ1) is 9.70. The Morgan fingerprint density at radius 2 is 2.05 bits per heavy atom. The molecule has 1 amide bonds. The first-order valence-electron chi connectivity index (χ1n) is 6.25. The zero-order valence-corrected chi connectivity index (χ0v) is 11.2. The van der Waals surface area contributed by atoms with Crippen molar-refractivity contribution < 1.29 is 14.6 Å². The molecule has 0 atom stereocenters. The molecule has 0 saturated heterocycles. The lowest BCUT2D eigenvalue weighted by Crippen LogP contribution is -2.25. The fraction of sp³-hybridized carbons (Fsp3) is 0.200. The van der Waals surface area contributed by atoms with Crippen LogP contribution in [0.3, 0.4) is 0 Å². The molecule has 2 rings (SSSR count). The summed E-state index contributed by atoms with van der Waals surface area (Å²) >= 11 is 0. The number of ether oxygens (including phenoxy) is 1. The van der Waals surface area contributed by atoms with E-state index in [2.05, 4.69) is 10.3 Å². The molecule has 20 heavy (non-hydrogen) atoms. The van der Waals surface area contributed by atoms with Gasteiger partial charge in [-0.05, 0) is 30.2 Å². The summed E-state index contributed by atoms with van der Waals surface area (Å²) < 4.78 is 5.08. The van der Waals surface area contributed by atoms with Crippen molar-refractivity contribution in [3.8, 4) is 11.5 Å². The highest BCUT2D eigenvalue weighted by atomic mass is 16.5. The Morgan fingerprint density at radius 3 is 2.70 bits per heavy atom. The van der Waals surface area contributed by atoms with Crippen LogP contribution in [-0.4, -0.2) is 29.7 Å². The number of nitrogens with one attached hydrogen (secondary N) is 1. The predicted molar refractivity (Wildman–Crippen MR) is 74.9 cm³/mol. The summed E-state index contributed by atoms with van der Waals surface area (Å²) in [6.45, 7) is 0.493. The molecule has 0 spiro atoms. The molecule has 0 fully saturated rings. The molecule has 0 saturated carbocycles. The van der Waals surface area contributed by atoms with E-state index in [0.29, 0.717) is 13.0 Å². The maximum absolute atomic E-state index is 11.8. The van der Waals surface area contributed by atoms with Gasteiger partial charge < -0.3 is 15.2 Å². The number of amides is 1. The minimum absolute atomic E-state index is 0.116. The van der Waals surface area contributed by atoms with Gasteiger partial charge in [-0.2, -0.15) is 0 Å². The molecule has 0 aliphatic carbocycles. The van der Waals surface area contributed by atoms with Gasteiger partial charge in [-0.15, -0.1) is 0 Å². The Kier molecular flexibility index (Phi) is 4.55. The standard InChI is InChI=1S/C15H16N2O3/c1-20-12-4-2-11(3-5-12)6-9-17-15(19)13-7-8-16-10-14(13)18/h2-5,7-8,10,18H,6,9H2,1H3,(H,17,19). The van der Waals surface area contributed by atoms with Gasteiger partial charge in [-0.25, -0.2) is 0 Å². The fourth-order valence-electron chi connectivity index (χ4n) is 1.79. The first kappa shape index (κ1) is 13.9. The summed E-state index contributed by atoms with van der Waals surface area (Å²) in [5, 5.41) is 12.3. The lowest BCUT2D eigenvalue weighted by Gasteiger charge is -2.07. The van der Waals surface area contributed by atoms with Crippen LogP contribution in [0.5, 0.6) is 11.5 Å². The van der Waals surface area contributed by atoms with E-state index >= 15 is 0 Å². The van der Waals surface area contributed by atoms with Crippen LogP contribution < -0.4 is 10.1 Å². The number of benzene rings is 1. The van der Waals surface area contributed by atoms with Gasteiger partial charge >= 0.3 is 0 Å². The van der Waals surface area contributed by atoms with Gasteiger partial charge in [0.1, 0.15) is 11.5 Å². The number of aromatic nitrogens is 1. The molecular weight excluding hydrogens is 256 g/mol. The second kappa shape index (κ2) is 6.56. The third kappa shape index (κ3) is 3.47. The van der Waals surface area contributed by atoms with Crippen molar-refractivity contribution in [2.45, 2.75) is 6.42 Å². The van der Waals surface area contributed by atoms with E-state index < -0.39 is 0 Å². The third-order valence-corrected chi connectivity index (χ3v) is 2.90. The fourth-order valence-corrected chi connectivity index (χ4v) is 1.79. The SMILES string of the molecule is COc1ccc(CCNC(=O)c2ccncc2O)cc1. The van der Waals surface area contributed by atoms with Gasteiger partial charge in [0.05, 0.1) is 18.9 Å². The maximum Gasteiger partial charge on any atom is 0.255 e. The summed E-state index contributed by atoms with van der Waals surface area (Å²) in [5.74, 6) is 0.382. The van der Waals surface area contributed by atoms with Gasteiger partial charge in [-0.1, -0.05) is 12.1 Å². The van der Waals surface area contributed by atoms with E-state index in [9.17, 15) is 9.90 Å². The second-order valence-corrected chi connectivity index (χ2v) is 4.25. The highest BCUT2D eigenvalue weighted by Gasteiger charge is 2.09. The summed E-state index contributed by atoms with van der Waals surface area (Å²) in [5.41, 5.74) is 1.33. The summed E-state index contributed by atoms with van der Waals surface area (Å²) in [7, 11) is 1.62. The molecule has 5 heteroatoms. The highest BCUT2D eigenvalue weighted by molar-refractivity contribution is 5.96. The number of carbonyl (C=O) groups excluding carboxylic acids is 1. The van der Waals surface area contributed by atoms with Crippen molar-refractivity contribution in [2.24, 2.45) is 0 Å². The molecule has 0 aliphatic rings. The normalized spacial score (nSPS) is 10.1. The molecule has 104 valence electrons. The minimum Gasteiger partial charge on any atom is -0.505 e. The number of methoxy groups -OCH3 is 1. The van der Waals surface area contributed by atoms with E-state index in [0.717, 1.165) is 11.3 Å². The topological polar surface area (TPSA) is 71.5 Å². The highest BCUT2D eigenvalue weighted by Crippen LogP contribution is 2.14. The first-order valence-corrected chi connectivity index (χ1v) is 6.25. The van der Waals surface area contributed by atoms with E-state index in [-0.39, 0.29) is 17.2 Å². The van der Waals surface area contributed by atoms with Crippen LogP contribution in [0, 0.1) is 0 Å². The third-order valence-electron chi connectivity index (χ3n) is 2.90. The second-order valence-electron chi connectivity index (χ2n) is 4.25. The van der Waals surface area contributed by atoms with Crippen LogP contribution in [0.4, 0.5) is 0 Å². The molecule has 2 N–H and O–H groups in total. The van der Waals surface area contributed by atoms with Crippen molar-refractivity contribution in [1.82, 2.24) is 10.3 Å². The Balaban J connectivity index is 1.86. The van der Waals surface area contributed by atoms with E-state index in [1.807, 2.05) is 24.3 Å². The van der Waals surface area contributed by atoms with E-state index in [4.69, 9.17) is 4.74 Å². The zero-order valence-electron chi connectivity index (χ0n) is 11.2. The number of hydrogen-bond acceptors (Lipinski definition) is 4. The van der Waals surface area contributed by atoms with Crippen molar-refractivity contribution in [3.05, 3.63) is 53.9 Å². The molecule has 0 unspecified atom stereocenters. The molecule has 1 aromatic carbocycles.